The Morgan fingerprint density at radius 3 is 2.47 bits per heavy atom. The number of methoxy groups -OCH3 is 1. The van der Waals surface area contributed by atoms with Gasteiger partial charge in [-0.2, -0.15) is 0 Å². The highest BCUT2D eigenvalue weighted by molar-refractivity contribution is 9.10. The van der Waals surface area contributed by atoms with E-state index in [-0.39, 0.29) is 24.3 Å². The summed E-state index contributed by atoms with van der Waals surface area (Å²) in [6.07, 6.45) is 1.77. The Morgan fingerprint density at radius 1 is 1.00 bits per heavy atom. The second-order valence-corrected chi connectivity index (χ2v) is 13.2. The predicted molar refractivity (Wildman–Crippen MR) is 189 cm³/mol. The lowest BCUT2D eigenvalue weighted by Gasteiger charge is -2.25. The summed E-state index contributed by atoms with van der Waals surface area (Å²) < 4.78 is 19.9. The van der Waals surface area contributed by atoms with Crippen molar-refractivity contribution in [2.75, 3.05) is 13.7 Å². The summed E-state index contributed by atoms with van der Waals surface area (Å²) in [5.41, 5.74) is 3.44. The largest absolute Gasteiger partial charge is 0.493 e. The van der Waals surface area contributed by atoms with Crippen molar-refractivity contribution in [1.82, 2.24) is 4.57 Å². The third kappa shape index (κ3) is 6.94. The average Bonchev–Trinajstić information content (AvgIpc) is 3.38. The van der Waals surface area contributed by atoms with Gasteiger partial charge in [0.25, 0.3) is 5.56 Å². The fraction of sp³-hybridized carbons (Fsp3) is 0.139. The van der Waals surface area contributed by atoms with Crippen LogP contribution in [0.15, 0.2) is 111 Å². The number of nitrogens with zero attached hydrogens (tertiary/aromatic N) is 2. The normalized spacial score (nSPS) is 14.4. The Labute approximate surface area is 293 Å². The van der Waals surface area contributed by atoms with Gasteiger partial charge in [-0.1, -0.05) is 89.1 Å². The third-order valence-electron chi connectivity index (χ3n) is 7.38. The van der Waals surface area contributed by atoms with Gasteiger partial charge in [-0.25, -0.2) is 9.79 Å². The summed E-state index contributed by atoms with van der Waals surface area (Å²) in [4.78, 5) is 33.2. The first-order valence-corrected chi connectivity index (χ1v) is 16.9. The van der Waals surface area contributed by atoms with Crippen LogP contribution in [-0.4, -0.2) is 24.3 Å². The molecule has 1 aliphatic rings. The molecule has 7 nitrogen and oxygen atoms in total. The van der Waals surface area contributed by atoms with Gasteiger partial charge < -0.3 is 14.2 Å². The SMILES string of the molecule is CCOC(=O)C1=C(c2ccccc2)N=c2s/c(=C\c3cc(Br)c(OCc4cccc(Cl)c4)c(OC)c3)c(=O)n2[C@H]1c1ccc(Cl)cc1. The standard InChI is InChI=1S/C36H27BrCl2N2O5S/c1-3-45-35(43)30-31(23-9-5-4-6-10-23)40-36-41(32(30)24-12-14-25(38)15-13-24)34(42)29(47-36)19-22-17-27(37)33(28(18-22)44-2)46-20-21-8-7-11-26(39)16-21/h4-19,32H,3,20H2,1-2H3/b29-19-/t32-/m0/s1. The molecule has 0 N–H and O–H groups in total. The Balaban J connectivity index is 1.49. The Kier molecular flexibility index (Phi) is 9.98. The molecule has 11 heteroatoms. The fourth-order valence-electron chi connectivity index (χ4n) is 5.30. The summed E-state index contributed by atoms with van der Waals surface area (Å²) in [7, 11) is 1.56. The number of halogens is 3. The third-order valence-corrected chi connectivity index (χ3v) is 9.44. The van der Waals surface area contributed by atoms with Crippen LogP contribution < -0.4 is 24.4 Å². The van der Waals surface area contributed by atoms with Gasteiger partial charge in [-0.05, 0) is 82.0 Å². The molecular formula is C36H27BrCl2N2O5S. The van der Waals surface area contributed by atoms with Gasteiger partial charge in [0, 0.05) is 15.6 Å². The number of hydrogen-bond donors (Lipinski definition) is 0. The summed E-state index contributed by atoms with van der Waals surface area (Å²) >= 11 is 17.2. The number of thiazole rings is 1. The average molecular weight is 750 g/mol. The number of rotatable bonds is 9. The molecule has 0 saturated heterocycles. The van der Waals surface area contributed by atoms with Crippen molar-refractivity contribution in [3.63, 3.8) is 0 Å². The lowest BCUT2D eigenvalue weighted by atomic mass is 9.93. The van der Waals surface area contributed by atoms with Crippen molar-refractivity contribution in [3.8, 4) is 11.5 Å². The highest BCUT2D eigenvalue weighted by atomic mass is 79.9. The predicted octanol–water partition coefficient (Wildman–Crippen LogP) is 7.59. The summed E-state index contributed by atoms with van der Waals surface area (Å²) in [5.74, 6) is 0.446. The number of hydrogen-bond acceptors (Lipinski definition) is 7. The number of carbonyl (C=O) groups is 1. The van der Waals surface area contributed by atoms with Crippen molar-refractivity contribution in [3.05, 3.63) is 153 Å². The van der Waals surface area contributed by atoms with Gasteiger partial charge in [0.15, 0.2) is 16.3 Å². The van der Waals surface area contributed by atoms with Crippen LogP contribution in [0.1, 0.15) is 35.2 Å². The molecule has 47 heavy (non-hydrogen) atoms. The van der Waals surface area contributed by atoms with E-state index in [1.165, 1.54) is 11.3 Å². The molecular weight excluding hydrogens is 723 g/mol. The number of aromatic nitrogens is 1. The summed E-state index contributed by atoms with van der Waals surface area (Å²) in [6, 6.07) is 26.8. The first-order chi connectivity index (χ1) is 22.8. The summed E-state index contributed by atoms with van der Waals surface area (Å²) in [5, 5.41) is 1.16. The molecule has 1 atom stereocenters. The van der Waals surface area contributed by atoms with Crippen molar-refractivity contribution in [2.45, 2.75) is 19.6 Å². The zero-order valence-corrected chi connectivity index (χ0v) is 29.1. The second kappa shape index (κ2) is 14.3. The molecule has 0 unspecified atom stereocenters. The fourth-order valence-corrected chi connectivity index (χ4v) is 7.21. The number of benzene rings is 4. The molecule has 0 aliphatic carbocycles. The van der Waals surface area contributed by atoms with E-state index in [2.05, 4.69) is 15.9 Å². The van der Waals surface area contributed by atoms with Crippen LogP contribution in [-0.2, 0) is 16.1 Å². The molecule has 0 amide bonds. The van der Waals surface area contributed by atoms with E-state index in [0.29, 0.717) is 52.2 Å². The number of esters is 1. The minimum absolute atomic E-state index is 0.164. The lowest BCUT2D eigenvalue weighted by molar-refractivity contribution is -0.138. The Hall–Kier alpha value is -4.15. The van der Waals surface area contributed by atoms with Crippen LogP contribution in [0.3, 0.4) is 0 Å². The summed E-state index contributed by atoms with van der Waals surface area (Å²) in [6.45, 7) is 2.19. The van der Waals surface area contributed by atoms with Gasteiger partial charge in [-0.15, -0.1) is 0 Å². The van der Waals surface area contributed by atoms with Gasteiger partial charge >= 0.3 is 5.97 Å². The van der Waals surface area contributed by atoms with Crippen LogP contribution in [0.4, 0.5) is 0 Å². The van der Waals surface area contributed by atoms with Crippen LogP contribution in [0, 0.1) is 0 Å². The molecule has 0 fully saturated rings. The van der Waals surface area contributed by atoms with Gasteiger partial charge in [0.05, 0.1) is 40.0 Å². The van der Waals surface area contributed by atoms with Crippen LogP contribution >= 0.6 is 50.5 Å². The van der Waals surface area contributed by atoms with Crippen molar-refractivity contribution >= 4 is 68.2 Å². The van der Waals surface area contributed by atoms with Gasteiger partial charge in [-0.3, -0.25) is 9.36 Å². The minimum Gasteiger partial charge on any atom is -0.493 e. The molecule has 0 spiro atoms. The molecule has 6 rings (SSSR count). The zero-order chi connectivity index (χ0) is 33.1. The molecule has 1 aromatic heterocycles. The topological polar surface area (TPSA) is 79.1 Å². The van der Waals surface area contributed by atoms with Crippen molar-refractivity contribution in [1.29, 1.82) is 0 Å². The van der Waals surface area contributed by atoms with E-state index in [1.54, 1.807) is 48.9 Å². The van der Waals surface area contributed by atoms with Crippen molar-refractivity contribution in [2.24, 2.45) is 4.99 Å². The lowest BCUT2D eigenvalue weighted by Crippen LogP contribution is -2.40. The molecule has 5 aromatic rings. The van der Waals surface area contributed by atoms with Crippen LogP contribution in [0.2, 0.25) is 10.0 Å². The van der Waals surface area contributed by atoms with E-state index in [0.717, 1.165) is 11.1 Å². The maximum Gasteiger partial charge on any atom is 0.338 e. The first kappa shape index (κ1) is 32.8. The smallest absolute Gasteiger partial charge is 0.338 e. The van der Waals surface area contributed by atoms with E-state index < -0.39 is 12.0 Å². The van der Waals surface area contributed by atoms with Crippen LogP contribution in [0.5, 0.6) is 11.5 Å². The van der Waals surface area contributed by atoms with E-state index in [4.69, 9.17) is 42.4 Å². The highest BCUT2D eigenvalue weighted by Gasteiger charge is 2.35. The number of ether oxygens (including phenoxy) is 3. The molecule has 0 bridgehead atoms. The van der Waals surface area contributed by atoms with Gasteiger partial charge in [0.2, 0.25) is 0 Å². The quantitative estimate of drug-likeness (QED) is 0.145. The maximum atomic E-state index is 14.2. The Bertz CT molecular complexity index is 2180. The minimum atomic E-state index is -0.802. The number of carbonyl (C=O) groups excluding carboxylic acids is 1. The molecule has 4 aromatic carbocycles. The van der Waals surface area contributed by atoms with E-state index >= 15 is 0 Å². The first-order valence-electron chi connectivity index (χ1n) is 14.6. The van der Waals surface area contributed by atoms with Crippen LogP contribution in [0.25, 0.3) is 11.8 Å². The zero-order valence-electron chi connectivity index (χ0n) is 25.2. The van der Waals surface area contributed by atoms with Crippen molar-refractivity contribution < 1.29 is 19.0 Å². The maximum absolute atomic E-state index is 14.2. The monoisotopic (exact) mass is 748 g/mol. The van der Waals surface area contributed by atoms with E-state index in [9.17, 15) is 9.59 Å². The highest BCUT2D eigenvalue weighted by Crippen LogP contribution is 2.38. The molecule has 0 radical (unpaired) electrons. The number of fused-ring (bicyclic) bond motifs is 1. The molecule has 238 valence electrons. The molecule has 0 saturated carbocycles. The molecule has 2 heterocycles. The van der Waals surface area contributed by atoms with Gasteiger partial charge in [0.1, 0.15) is 6.61 Å². The Morgan fingerprint density at radius 2 is 1.77 bits per heavy atom. The second-order valence-electron chi connectivity index (χ2n) is 10.4. The molecule has 1 aliphatic heterocycles. The van der Waals surface area contributed by atoms with E-state index in [1.807, 2.05) is 66.7 Å².